The van der Waals surface area contributed by atoms with Gasteiger partial charge in [-0.15, -0.1) is 0 Å². The highest BCUT2D eigenvalue weighted by Gasteiger charge is 2.30. The largest absolute Gasteiger partial charge is 0.472 e. The van der Waals surface area contributed by atoms with Gasteiger partial charge in [0, 0.05) is 25.7 Å². The van der Waals surface area contributed by atoms with Crippen molar-refractivity contribution >= 4 is 39.5 Å². The Kier molecular flexibility index (Phi) is 64.6. The Hall–Kier alpha value is -1.94. The SMILES string of the molecule is CCCCCCCCCCCCCCCC(=O)O[C@H](COC(=O)CCCCCCCCC)COP(=O)(O)OC[C@H](O)COP(=O)(O)OC[C@@H](COC(=O)CCCCCCCCCCCCCC(C)C)OC(=O)CCCCCCCCCCCCCCCCCCC(C)C. The van der Waals surface area contributed by atoms with Crippen LogP contribution in [0.1, 0.15) is 382 Å². The van der Waals surface area contributed by atoms with Crippen molar-refractivity contribution in [2.75, 3.05) is 39.6 Å². The monoisotopic (exact) mass is 1370 g/mol. The van der Waals surface area contributed by atoms with Crippen molar-refractivity contribution in [2.24, 2.45) is 11.8 Å². The lowest BCUT2D eigenvalue weighted by atomic mass is 10.0. The van der Waals surface area contributed by atoms with E-state index in [4.69, 9.17) is 37.0 Å². The van der Waals surface area contributed by atoms with Crippen molar-refractivity contribution in [3.05, 3.63) is 0 Å². The molecule has 0 aliphatic rings. The Balaban J connectivity index is 5.19. The van der Waals surface area contributed by atoms with Gasteiger partial charge in [-0.25, -0.2) is 9.13 Å². The summed E-state index contributed by atoms with van der Waals surface area (Å²) in [5, 5.41) is 10.6. The molecule has 19 heteroatoms. The van der Waals surface area contributed by atoms with E-state index in [9.17, 15) is 43.2 Å². The number of rotatable bonds is 73. The molecule has 0 aliphatic heterocycles. The van der Waals surface area contributed by atoms with Crippen LogP contribution in [0.3, 0.4) is 0 Å². The first kappa shape index (κ1) is 91.1. The van der Waals surface area contributed by atoms with E-state index >= 15 is 0 Å². The zero-order valence-corrected chi connectivity index (χ0v) is 62.3. The van der Waals surface area contributed by atoms with Crippen LogP contribution in [0.15, 0.2) is 0 Å². The zero-order valence-electron chi connectivity index (χ0n) is 60.6. The minimum absolute atomic E-state index is 0.107. The molecule has 0 bridgehead atoms. The molecule has 0 aliphatic carbocycles. The maximum absolute atomic E-state index is 13.1. The van der Waals surface area contributed by atoms with Crippen molar-refractivity contribution in [1.29, 1.82) is 0 Å². The van der Waals surface area contributed by atoms with Gasteiger partial charge in [0.2, 0.25) is 0 Å². The third-order valence-corrected chi connectivity index (χ3v) is 19.1. The molecule has 0 aromatic carbocycles. The lowest BCUT2D eigenvalue weighted by molar-refractivity contribution is -0.161. The molecule has 2 unspecified atom stereocenters. The predicted octanol–water partition coefficient (Wildman–Crippen LogP) is 21.6. The molecular formula is C74H144O17P2. The molecule has 0 aromatic heterocycles. The molecule has 0 heterocycles. The Morgan fingerprint density at radius 3 is 0.731 bits per heavy atom. The Labute approximate surface area is 568 Å². The number of unbranched alkanes of at least 4 members (excludes halogenated alkanes) is 43. The van der Waals surface area contributed by atoms with Crippen LogP contribution >= 0.6 is 15.6 Å². The summed E-state index contributed by atoms with van der Waals surface area (Å²) in [6.07, 6.45) is 52.8. The van der Waals surface area contributed by atoms with Gasteiger partial charge in [0.05, 0.1) is 26.4 Å². The standard InChI is InChI=1S/C74H144O17P2/c1-7-9-11-13-15-16-17-22-28-34-40-46-52-58-73(78)90-69(62-84-71(76)56-50-44-36-14-12-10-8-2)64-88-92(80,81)86-60-68(75)61-87-93(82,83)89-65-70(63-85-72(77)57-51-45-39-33-30-25-27-32-38-43-49-55-67(5)6)91-74(79)59-53-47-41-35-29-24-21-19-18-20-23-26-31-37-42-48-54-66(3)4/h66-70,75H,7-65H2,1-6H3,(H,80,81)(H,82,83)/t68-,69+,70+/m0/s1. The average Bonchev–Trinajstić information content (AvgIpc) is 2.57. The van der Waals surface area contributed by atoms with E-state index in [1.54, 1.807) is 0 Å². The highest BCUT2D eigenvalue weighted by Crippen LogP contribution is 2.45. The number of aliphatic hydroxyl groups excluding tert-OH is 1. The molecule has 0 saturated carbocycles. The fraction of sp³-hybridized carbons (Fsp3) is 0.946. The summed E-state index contributed by atoms with van der Waals surface area (Å²) in [6.45, 7) is 9.58. The Morgan fingerprint density at radius 1 is 0.290 bits per heavy atom. The number of phosphoric acid groups is 2. The Bertz CT molecular complexity index is 1800. The minimum Gasteiger partial charge on any atom is -0.462 e. The van der Waals surface area contributed by atoms with Gasteiger partial charge in [-0.2, -0.15) is 0 Å². The van der Waals surface area contributed by atoms with Crippen molar-refractivity contribution < 1.29 is 80.2 Å². The Morgan fingerprint density at radius 2 is 0.495 bits per heavy atom. The maximum atomic E-state index is 13.1. The van der Waals surface area contributed by atoms with Crippen molar-refractivity contribution in [3.8, 4) is 0 Å². The van der Waals surface area contributed by atoms with Gasteiger partial charge >= 0.3 is 39.5 Å². The summed E-state index contributed by atoms with van der Waals surface area (Å²) in [5.41, 5.74) is 0. The number of phosphoric ester groups is 2. The summed E-state index contributed by atoms with van der Waals surface area (Å²) in [6, 6.07) is 0. The molecule has 0 spiro atoms. The number of ether oxygens (including phenoxy) is 4. The van der Waals surface area contributed by atoms with E-state index in [-0.39, 0.29) is 25.7 Å². The first-order valence-electron chi connectivity index (χ1n) is 38.5. The van der Waals surface area contributed by atoms with Crippen LogP contribution < -0.4 is 0 Å². The summed E-state index contributed by atoms with van der Waals surface area (Å²) >= 11 is 0. The average molecular weight is 1370 g/mol. The number of carbonyl (C=O) groups excluding carboxylic acids is 4. The molecule has 552 valence electrons. The van der Waals surface area contributed by atoms with Gasteiger partial charge in [-0.05, 0) is 37.5 Å². The van der Waals surface area contributed by atoms with Gasteiger partial charge in [-0.1, -0.05) is 330 Å². The summed E-state index contributed by atoms with van der Waals surface area (Å²) in [4.78, 5) is 72.6. The maximum Gasteiger partial charge on any atom is 0.472 e. The molecule has 0 aromatic rings. The molecule has 0 amide bonds. The van der Waals surface area contributed by atoms with Crippen LogP contribution in [0.25, 0.3) is 0 Å². The van der Waals surface area contributed by atoms with E-state index in [0.29, 0.717) is 25.7 Å². The number of aliphatic hydroxyl groups is 1. The predicted molar refractivity (Wildman–Crippen MR) is 377 cm³/mol. The van der Waals surface area contributed by atoms with Gasteiger partial charge in [-0.3, -0.25) is 37.3 Å². The quantitative estimate of drug-likeness (QED) is 0.0222. The molecule has 3 N–H and O–H groups in total. The lowest BCUT2D eigenvalue weighted by Gasteiger charge is -2.21. The first-order valence-corrected chi connectivity index (χ1v) is 41.5. The second-order valence-electron chi connectivity index (χ2n) is 27.6. The molecule has 0 fully saturated rings. The van der Waals surface area contributed by atoms with Crippen molar-refractivity contribution in [1.82, 2.24) is 0 Å². The van der Waals surface area contributed by atoms with Crippen LogP contribution in [0.5, 0.6) is 0 Å². The molecule has 0 rings (SSSR count). The van der Waals surface area contributed by atoms with Crippen LogP contribution in [0.2, 0.25) is 0 Å². The molecule has 93 heavy (non-hydrogen) atoms. The summed E-state index contributed by atoms with van der Waals surface area (Å²) in [5.74, 6) is -0.541. The highest BCUT2D eigenvalue weighted by atomic mass is 31.2. The second kappa shape index (κ2) is 66.0. The third kappa shape index (κ3) is 68.4. The van der Waals surface area contributed by atoms with Gasteiger partial charge in [0.25, 0.3) is 0 Å². The number of carbonyl (C=O) groups is 4. The molecule has 5 atom stereocenters. The van der Waals surface area contributed by atoms with E-state index < -0.39 is 97.5 Å². The van der Waals surface area contributed by atoms with E-state index in [1.807, 2.05) is 0 Å². The third-order valence-electron chi connectivity index (χ3n) is 17.2. The first-order chi connectivity index (χ1) is 44.9. The topological polar surface area (TPSA) is 237 Å². The van der Waals surface area contributed by atoms with Gasteiger partial charge < -0.3 is 33.8 Å². The van der Waals surface area contributed by atoms with Gasteiger partial charge in [0.1, 0.15) is 19.3 Å². The van der Waals surface area contributed by atoms with Crippen molar-refractivity contribution in [3.63, 3.8) is 0 Å². The van der Waals surface area contributed by atoms with Crippen LogP contribution in [0.4, 0.5) is 0 Å². The number of esters is 4. The van der Waals surface area contributed by atoms with Crippen molar-refractivity contribution in [2.45, 2.75) is 400 Å². The molecule has 0 saturated heterocycles. The molecule has 17 nitrogen and oxygen atoms in total. The summed E-state index contributed by atoms with van der Waals surface area (Å²) < 4.78 is 68.3. The summed E-state index contributed by atoms with van der Waals surface area (Å²) in [7, 11) is -9.90. The smallest absolute Gasteiger partial charge is 0.462 e. The van der Waals surface area contributed by atoms with Gasteiger partial charge in [0.15, 0.2) is 12.2 Å². The van der Waals surface area contributed by atoms with E-state index in [1.165, 1.54) is 186 Å². The van der Waals surface area contributed by atoms with Crippen LogP contribution in [-0.4, -0.2) is 96.7 Å². The van der Waals surface area contributed by atoms with Crippen LogP contribution in [0, 0.1) is 11.8 Å². The fourth-order valence-electron chi connectivity index (χ4n) is 11.3. The van der Waals surface area contributed by atoms with E-state index in [2.05, 4.69) is 41.5 Å². The second-order valence-corrected chi connectivity index (χ2v) is 30.5. The number of hydrogen-bond acceptors (Lipinski definition) is 15. The fourth-order valence-corrected chi connectivity index (χ4v) is 12.9. The highest BCUT2D eigenvalue weighted by molar-refractivity contribution is 7.47. The minimum atomic E-state index is -4.95. The number of hydrogen-bond donors (Lipinski definition) is 3. The van der Waals surface area contributed by atoms with Crippen LogP contribution in [-0.2, 0) is 65.4 Å². The van der Waals surface area contributed by atoms with E-state index in [0.717, 1.165) is 115 Å². The lowest BCUT2D eigenvalue weighted by Crippen LogP contribution is -2.30. The normalized spacial score (nSPS) is 14.1. The zero-order chi connectivity index (χ0) is 68.6. The molecular weight excluding hydrogens is 1220 g/mol. The molecule has 0 radical (unpaired) electrons.